The summed E-state index contributed by atoms with van der Waals surface area (Å²) in [6.45, 7) is 1.80. The predicted octanol–water partition coefficient (Wildman–Crippen LogP) is 1.37. The second kappa shape index (κ2) is 4.85. The lowest BCUT2D eigenvalue weighted by molar-refractivity contribution is 0.102. The van der Waals surface area contributed by atoms with Crippen molar-refractivity contribution in [2.75, 3.05) is 11.6 Å². The van der Waals surface area contributed by atoms with Gasteiger partial charge in [-0.1, -0.05) is 12.1 Å². The third-order valence-corrected chi connectivity index (χ3v) is 3.63. The fourth-order valence-corrected chi connectivity index (χ4v) is 2.53. The Kier molecular flexibility index (Phi) is 3.39. The lowest BCUT2D eigenvalue weighted by Crippen LogP contribution is -2.16. The topological polar surface area (TPSA) is 91.9 Å². The van der Waals surface area contributed by atoms with Crippen LogP contribution in [0.1, 0.15) is 16.1 Å². The number of hydrogen-bond acceptors (Lipinski definition) is 4. The Morgan fingerprint density at radius 3 is 2.58 bits per heavy atom. The minimum absolute atomic E-state index is 0.000224. The van der Waals surface area contributed by atoms with E-state index in [1.165, 1.54) is 12.1 Å². The third-order valence-electron chi connectivity index (χ3n) is 2.48. The average Bonchev–Trinajstić information content (AvgIpc) is 2.73. The quantitative estimate of drug-likeness (QED) is 0.887. The Morgan fingerprint density at radius 1 is 1.32 bits per heavy atom. The Morgan fingerprint density at radius 2 is 2.00 bits per heavy atom. The van der Waals surface area contributed by atoms with Gasteiger partial charge >= 0.3 is 0 Å². The number of carbonyl (C=O) groups is 1. The Bertz CT molecular complexity index is 719. The highest BCUT2D eigenvalue weighted by Crippen LogP contribution is 2.16. The summed E-state index contributed by atoms with van der Waals surface area (Å²) in [5.41, 5.74) is 0.900. The molecule has 0 aliphatic rings. The molecule has 1 aromatic heterocycles. The smallest absolute Gasteiger partial charge is 0.258 e. The molecule has 0 atom stereocenters. The first-order valence-electron chi connectivity index (χ1n) is 5.50. The highest BCUT2D eigenvalue weighted by molar-refractivity contribution is 7.90. The molecule has 7 heteroatoms. The number of amides is 1. The van der Waals surface area contributed by atoms with Crippen LogP contribution in [0.2, 0.25) is 0 Å². The van der Waals surface area contributed by atoms with Crippen molar-refractivity contribution in [2.24, 2.45) is 0 Å². The normalized spacial score (nSPS) is 11.3. The summed E-state index contributed by atoms with van der Waals surface area (Å²) in [6.07, 6.45) is 1.07. The number of nitrogens with zero attached hydrogens (tertiary/aromatic N) is 1. The van der Waals surface area contributed by atoms with Gasteiger partial charge in [0, 0.05) is 18.0 Å². The number of nitrogens with one attached hydrogen (secondary N) is 2. The van der Waals surface area contributed by atoms with Crippen LogP contribution < -0.4 is 5.32 Å². The van der Waals surface area contributed by atoms with Crippen molar-refractivity contribution in [1.82, 2.24) is 10.2 Å². The monoisotopic (exact) mass is 279 g/mol. The van der Waals surface area contributed by atoms with E-state index in [1.54, 1.807) is 25.1 Å². The molecule has 0 unspecified atom stereocenters. The molecule has 0 saturated heterocycles. The van der Waals surface area contributed by atoms with E-state index in [0.717, 1.165) is 11.9 Å². The first-order valence-corrected chi connectivity index (χ1v) is 7.39. The summed E-state index contributed by atoms with van der Waals surface area (Å²) >= 11 is 0. The number of aryl methyl sites for hydroxylation is 1. The van der Waals surface area contributed by atoms with Crippen LogP contribution >= 0.6 is 0 Å². The summed E-state index contributed by atoms with van der Waals surface area (Å²) < 4.78 is 23.2. The number of H-pyrrole nitrogens is 1. The lowest BCUT2D eigenvalue weighted by atomic mass is 10.2. The van der Waals surface area contributed by atoms with Crippen molar-refractivity contribution in [2.45, 2.75) is 11.8 Å². The van der Waals surface area contributed by atoms with Gasteiger partial charge in [0.25, 0.3) is 5.91 Å². The zero-order valence-electron chi connectivity index (χ0n) is 10.5. The maximum atomic E-state index is 12.1. The number of benzene rings is 1. The molecule has 0 aliphatic carbocycles. The number of aromatic nitrogens is 2. The van der Waals surface area contributed by atoms with Crippen LogP contribution in [0.4, 0.5) is 5.82 Å². The van der Waals surface area contributed by atoms with E-state index in [9.17, 15) is 13.2 Å². The van der Waals surface area contributed by atoms with Crippen LogP contribution in [0.15, 0.2) is 35.2 Å². The highest BCUT2D eigenvalue weighted by Gasteiger charge is 2.18. The van der Waals surface area contributed by atoms with E-state index in [0.29, 0.717) is 5.82 Å². The van der Waals surface area contributed by atoms with Crippen molar-refractivity contribution in [1.29, 1.82) is 0 Å². The Balaban J connectivity index is 2.35. The van der Waals surface area contributed by atoms with E-state index in [-0.39, 0.29) is 10.5 Å². The second-order valence-electron chi connectivity index (χ2n) is 4.16. The largest absolute Gasteiger partial charge is 0.305 e. The molecule has 0 aliphatic heterocycles. The summed E-state index contributed by atoms with van der Waals surface area (Å²) in [6, 6.07) is 7.71. The molecule has 1 heterocycles. The zero-order valence-corrected chi connectivity index (χ0v) is 11.3. The van der Waals surface area contributed by atoms with Crippen LogP contribution in [-0.2, 0) is 9.84 Å². The first kappa shape index (κ1) is 13.3. The molecule has 19 heavy (non-hydrogen) atoms. The van der Waals surface area contributed by atoms with Crippen LogP contribution in [0.25, 0.3) is 0 Å². The molecule has 0 saturated carbocycles. The molecule has 1 amide bonds. The van der Waals surface area contributed by atoms with Gasteiger partial charge in [0.1, 0.15) is 0 Å². The van der Waals surface area contributed by atoms with Crippen LogP contribution in [0.5, 0.6) is 0 Å². The van der Waals surface area contributed by atoms with Gasteiger partial charge in [-0.25, -0.2) is 8.42 Å². The molecular formula is C12H13N3O3S. The van der Waals surface area contributed by atoms with Crippen molar-refractivity contribution in [3.8, 4) is 0 Å². The van der Waals surface area contributed by atoms with E-state index in [1.807, 2.05) is 0 Å². The molecule has 2 rings (SSSR count). The van der Waals surface area contributed by atoms with Crippen molar-refractivity contribution < 1.29 is 13.2 Å². The highest BCUT2D eigenvalue weighted by atomic mass is 32.2. The molecule has 1 aromatic carbocycles. The lowest BCUT2D eigenvalue weighted by Gasteiger charge is -2.06. The molecule has 2 N–H and O–H groups in total. The Hall–Kier alpha value is -2.15. The van der Waals surface area contributed by atoms with Crippen molar-refractivity contribution >= 4 is 21.6 Å². The molecular weight excluding hydrogens is 266 g/mol. The average molecular weight is 279 g/mol. The molecule has 0 bridgehead atoms. The minimum Gasteiger partial charge on any atom is -0.305 e. The molecule has 6 nitrogen and oxygen atoms in total. The predicted molar refractivity (Wildman–Crippen MR) is 70.8 cm³/mol. The van der Waals surface area contributed by atoms with Gasteiger partial charge in [0.2, 0.25) is 0 Å². The van der Waals surface area contributed by atoms with E-state index in [4.69, 9.17) is 0 Å². The number of anilines is 1. The summed E-state index contributed by atoms with van der Waals surface area (Å²) in [5, 5.41) is 9.10. The number of aromatic amines is 1. The van der Waals surface area contributed by atoms with Crippen molar-refractivity contribution in [3.05, 3.63) is 41.6 Å². The second-order valence-corrected chi connectivity index (χ2v) is 6.14. The number of carbonyl (C=O) groups excluding carboxylic acids is 1. The summed E-state index contributed by atoms with van der Waals surface area (Å²) in [4.78, 5) is 12.1. The summed E-state index contributed by atoms with van der Waals surface area (Å²) in [7, 11) is -3.45. The maximum absolute atomic E-state index is 12.1. The van der Waals surface area contributed by atoms with Gasteiger partial charge in [0.15, 0.2) is 15.7 Å². The molecule has 100 valence electrons. The first-order chi connectivity index (χ1) is 8.88. The van der Waals surface area contributed by atoms with E-state index in [2.05, 4.69) is 15.5 Å². The number of rotatable bonds is 3. The standard InChI is InChI=1S/C12H13N3O3S/c1-8-7-11(15-14-8)13-12(16)9-5-3-4-6-10(9)19(2,17)18/h3-7H,1-2H3,(H2,13,14,15,16). The zero-order chi connectivity index (χ0) is 14.0. The SMILES string of the molecule is Cc1cc(NC(=O)c2ccccc2S(C)(=O)=O)n[nH]1. The summed E-state index contributed by atoms with van der Waals surface area (Å²) in [5.74, 6) is -0.154. The van der Waals surface area contributed by atoms with Gasteiger partial charge in [0.05, 0.1) is 10.5 Å². The van der Waals surface area contributed by atoms with Gasteiger partial charge in [-0.05, 0) is 19.1 Å². The van der Waals surface area contributed by atoms with Crippen LogP contribution in [-0.4, -0.2) is 30.8 Å². The third kappa shape index (κ3) is 3.00. The Labute approximate surface area is 110 Å². The maximum Gasteiger partial charge on any atom is 0.258 e. The van der Waals surface area contributed by atoms with Gasteiger partial charge in [-0.3, -0.25) is 9.89 Å². The van der Waals surface area contributed by atoms with Gasteiger partial charge in [-0.15, -0.1) is 0 Å². The molecule has 0 fully saturated rings. The van der Waals surface area contributed by atoms with Crippen LogP contribution in [0, 0.1) is 6.92 Å². The fraction of sp³-hybridized carbons (Fsp3) is 0.167. The molecule has 0 radical (unpaired) electrons. The van der Waals surface area contributed by atoms with Gasteiger partial charge < -0.3 is 5.32 Å². The number of sulfone groups is 1. The number of hydrogen-bond donors (Lipinski definition) is 2. The van der Waals surface area contributed by atoms with Crippen LogP contribution in [0.3, 0.4) is 0 Å². The molecule has 2 aromatic rings. The minimum atomic E-state index is -3.45. The fourth-order valence-electron chi connectivity index (χ4n) is 1.64. The van der Waals surface area contributed by atoms with E-state index >= 15 is 0 Å². The molecule has 0 spiro atoms. The van der Waals surface area contributed by atoms with Gasteiger partial charge in [-0.2, -0.15) is 5.10 Å². The van der Waals surface area contributed by atoms with Crippen molar-refractivity contribution in [3.63, 3.8) is 0 Å². The van der Waals surface area contributed by atoms with E-state index < -0.39 is 15.7 Å².